The van der Waals surface area contributed by atoms with Crippen molar-refractivity contribution in [3.63, 3.8) is 0 Å². The summed E-state index contributed by atoms with van der Waals surface area (Å²) in [5.74, 6) is 0.0253. The van der Waals surface area contributed by atoms with Crippen LogP contribution in [0.15, 0.2) is 42.5 Å². The number of anilines is 1. The van der Waals surface area contributed by atoms with Crippen molar-refractivity contribution in [3.8, 4) is 5.75 Å². The number of Topliss-reactive ketones (excluding diaryl/α,β-unsaturated/α-hetero) is 1. The van der Waals surface area contributed by atoms with E-state index < -0.39 is 11.9 Å². The minimum absolute atomic E-state index is 0.213. The summed E-state index contributed by atoms with van der Waals surface area (Å²) >= 11 is 0. The molecule has 0 bridgehead atoms. The van der Waals surface area contributed by atoms with Gasteiger partial charge in [0, 0.05) is 5.56 Å². The molecule has 4 heteroatoms. The molecule has 0 aromatic heterocycles. The number of para-hydroxylation sites is 2. The molecule has 0 aliphatic carbocycles. The molecule has 3 rings (SSSR count). The van der Waals surface area contributed by atoms with Gasteiger partial charge in [0.15, 0.2) is 6.10 Å². The number of ether oxygens (including phenoxy) is 1. The van der Waals surface area contributed by atoms with Crippen molar-refractivity contribution in [2.45, 2.75) is 13.0 Å². The van der Waals surface area contributed by atoms with Gasteiger partial charge in [0.2, 0.25) is 5.78 Å². The normalized spacial score (nSPS) is 16.8. The van der Waals surface area contributed by atoms with Crippen molar-refractivity contribution in [3.05, 3.63) is 59.4 Å². The number of aryl methyl sites for hydroxylation is 1. The van der Waals surface area contributed by atoms with Gasteiger partial charge in [-0.25, -0.2) is 4.39 Å². The molecular formula is C16H14FNO2. The molecule has 1 heterocycles. The Labute approximate surface area is 116 Å². The number of nitrogens with one attached hydrogen (secondary N) is 1. The number of halogens is 1. The van der Waals surface area contributed by atoms with E-state index in [1.165, 1.54) is 12.1 Å². The second kappa shape index (κ2) is 4.96. The maximum Gasteiger partial charge on any atom is 0.205 e. The maximum absolute atomic E-state index is 13.4. The molecule has 0 saturated carbocycles. The topological polar surface area (TPSA) is 38.3 Å². The van der Waals surface area contributed by atoms with E-state index in [-0.39, 0.29) is 5.78 Å². The third-order valence-corrected chi connectivity index (χ3v) is 3.25. The Hall–Kier alpha value is -2.36. The number of hydrogen-bond donors (Lipinski definition) is 1. The molecule has 3 nitrogen and oxygen atoms in total. The molecule has 1 unspecified atom stereocenters. The van der Waals surface area contributed by atoms with E-state index in [2.05, 4.69) is 5.32 Å². The van der Waals surface area contributed by atoms with E-state index in [0.717, 1.165) is 11.3 Å². The summed E-state index contributed by atoms with van der Waals surface area (Å²) in [6.07, 6.45) is -0.633. The first-order valence-electron chi connectivity index (χ1n) is 6.44. The lowest BCUT2D eigenvalue weighted by atomic mass is 10.0. The molecule has 0 radical (unpaired) electrons. The SMILES string of the molecule is Cc1cc(F)cc(C(=O)C2CNc3ccccc3O2)c1. The second-order valence-corrected chi connectivity index (χ2v) is 4.87. The lowest BCUT2D eigenvalue weighted by molar-refractivity contribution is 0.0801. The number of benzene rings is 2. The first-order valence-corrected chi connectivity index (χ1v) is 6.44. The van der Waals surface area contributed by atoms with Crippen LogP contribution in [0.25, 0.3) is 0 Å². The van der Waals surface area contributed by atoms with Gasteiger partial charge in [-0.05, 0) is 42.8 Å². The Morgan fingerprint density at radius 2 is 2.10 bits per heavy atom. The fraction of sp³-hybridized carbons (Fsp3) is 0.188. The van der Waals surface area contributed by atoms with E-state index >= 15 is 0 Å². The molecule has 0 saturated heterocycles. The summed E-state index contributed by atoms with van der Waals surface area (Å²) in [5.41, 5.74) is 1.93. The second-order valence-electron chi connectivity index (χ2n) is 4.87. The highest BCUT2D eigenvalue weighted by molar-refractivity contribution is 6.00. The van der Waals surface area contributed by atoms with Crippen LogP contribution in [0, 0.1) is 12.7 Å². The molecule has 102 valence electrons. The molecule has 1 atom stereocenters. The minimum Gasteiger partial charge on any atom is -0.478 e. The Kier molecular flexibility index (Phi) is 3.14. The lowest BCUT2D eigenvalue weighted by Crippen LogP contribution is -2.37. The predicted octanol–water partition coefficient (Wildman–Crippen LogP) is 3.19. The van der Waals surface area contributed by atoms with E-state index in [1.54, 1.807) is 19.1 Å². The van der Waals surface area contributed by atoms with Crippen LogP contribution in [0.5, 0.6) is 5.75 Å². The third kappa shape index (κ3) is 2.37. The Morgan fingerprint density at radius 1 is 1.30 bits per heavy atom. The molecule has 1 N–H and O–H groups in total. The Balaban J connectivity index is 1.86. The van der Waals surface area contributed by atoms with Crippen molar-refractivity contribution < 1.29 is 13.9 Å². The summed E-state index contributed by atoms with van der Waals surface area (Å²) < 4.78 is 19.1. The van der Waals surface area contributed by atoms with Crippen molar-refractivity contribution >= 4 is 11.5 Å². The summed E-state index contributed by atoms with van der Waals surface area (Å²) in [5, 5.41) is 3.15. The fourth-order valence-electron chi connectivity index (χ4n) is 2.32. The standard InChI is InChI=1S/C16H14FNO2/c1-10-6-11(8-12(17)7-10)16(19)15-9-18-13-4-2-3-5-14(13)20-15/h2-8,15,18H,9H2,1H3. The number of ketones is 1. The van der Waals surface area contributed by atoms with Crippen LogP contribution in [0.4, 0.5) is 10.1 Å². The molecule has 2 aromatic rings. The van der Waals surface area contributed by atoms with Crippen LogP contribution in [-0.4, -0.2) is 18.4 Å². The zero-order valence-electron chi connectivity index (χ0n) is 11.0. The highest BCUT2D eigenvalue weighted by atomic mass is 19.1. The number of hydrogen-bond acceptors (Lipinski definition) is 3. The summed E-state index contributed by atoms with van der Waals surface area (Å²) in [7, 11) is 0. The van der Waals surface area contributed by atoms with Gasteiger partial charge in [0.25, 0.3) is 0 Å². The highest BCUT2D eigenvalue weighted by Crippen LogP contribution is 2.29. The van der Waals surface area contributed by atoms with Crippen LogP contribution in [-0.2, 0) is 0 Å². The van der Waals surface area contributed by atoms with Crippen molar-refractivity contribution in [1.29, 1.82) is 0 Å². The molecule has 1 aliphatic heterocycles. The van der Waals surface area contributed by atoms with Crippen molar-refractivity contribution in [1.82, 2.24) is 0 Å². The minimum atomic E-state index is -0.633. The summed E-state index contributed by atoms with van der Waals surface area (Å²) in [4.78, 5) is 12.4. The zero-order chi connectivity index (χ0) is 14.1. The molecule has 0 fully saturated rings. The molecule has 0 amide bonds. The number of rotatable bonds is 2. The van der Waals surface area contributed by atoms with Crippen LogP contribution < -0.4 is 10.1 Å². The summed E-state index contributed by atoms with van der Waals surface area (Å²) in [6.45, 7) is 2.14. The third-order valence-electron chi connectivity index (χ3n) is 3.25. The largest absolute Gasteiger partial charge is 0.478 e. The highest BCUT2D eigenvalue weighted by Gasteiger charge is 2.26. The van der Waals surface area contributed by atoms with E-state index in [9.17, 15) is 9.18 Å². The zero-order valence-corrected chi connectivity index (χ0v) is 11.0. The first-order chi connectivity index (χ1) is 9.63. The first kappa shape index (κ1) is 12.7. The quantitative estimate of drug-likeness (QED) is 0.852. The van der Waals surface area contributed by atoms with Gasteiger partial charge in [-0.1, -0.05) is 12.1 Å². The lowest BCUT2D eigenvalue weighted by Gasteiger charge is -2.26. The van der Waals surface area contributed by atoms with Crippen molar-refractivity contribution in [2.24, 2.45) is 0 Å². The van der Waals surface area contributed by atoms with Gasteiger partial charge in [-0.15, -0.1) is 0 Å². The van der Waals surface area contributed by atoms with Gasteiger partial charge in [-0.3, -0.25) is 4.79 Å². The molecular weight excluding hydrogens is 257 g/mol. The van der Waals surface area contributed by atoms with E-state index in [4.69, 9.17) is 4.74 Å². The Bertz CT molecular complexity index is 649. The van der Waals surface area contributed by atoms with Gasteiger partial charge >= 0.3 is 0 Å². The molecule has 0 spiro atoms. The molecule has 1 aliphatic rings. The average molecular weight is 271 g/mol. The monoisotopic (exact) mass is 271 g/mol. The van der Waals surface area contributed by atoms with Crippen LogP contribution in [0.2, 0.25) is 0 Å². The molecule has 2 aromatic carbocycles. The van der Waals surface area contributed by atoms with Gasteiger partial charge < -0.3 is 10.1 Å². The predicted molar refractivity (Wildman–Crippen MR) is 74.8 cm³/mol. The van der Waals surface area contributed by atoms with Gasteiger partial charge in [0.05, 0.1) is 12.2 Å². The van der Waals surface area contributed by atoms with E-state index in [1.807, 2.05) is 18.2 Å². The van der Waals surface area contributed by atoms with Gasteiger partial charge in [-0.2, -0.15) is 0 Å². The van der Waals surface area contributed by atoms with Crippen molar-refractivity contribution in [2.75, 3.05) is 11.9 Å². The fourth-order valence-corrected chi connectivity index (χ4v) is 2.32. The number of carbonyl (C=O) groups is 1. The van der Waals surface area contributed by atoms with Gasteiger partial charge in [0.1, 0.15) is 11.6 Å². The average Bonchev–Trinajstić information content (AvgIpc) is 2.45. The number of carbonyl (C=O) groups excluding carboxylic acids is 1. The molecule has 20 heavy (non-hydrogen) atoms. The van der Waals surface area contributed by atoms with Crippen LogP contribution >= 0.6 is 0 Å². The maximum atomic E-state index is 13.4. The smallest absolute Gasteiger partial charge is 0.205 e. The number of fused-ring (bicyclic) bond motifs is 1. The summed E-state index contributed by atoms with van der Waals surface area (Å²) in [6, 6.07) is 11.8. The Morgan fingerprint density at radius 3 is 2.90 bits per heavy atom. The van der Waals surface area contributed by atoms with E-state index in [0.29, 0.717) is 17.9 Å². The van der Waals surface area contributed by atoms with Crippen LogP contribution in [0.1, 0.15) is 15.9 Å². The van der Waals surface area contributed by atoms with Crippen LogP contribution in [0.3, 0.4) is 0 Å².